The second kappa shape index (κ2) is 13.5. The number of esters is 1. The number of benzene rings is 2. The zero-order valence-electron chi connectivity index (χ0n) is 21.9. The minimum atomic E-state index is -0.772. The van der Waals surface area contributed by atoms with E-state index < -0.39 is 23.7 Å². The Kier molecular flexibility index (Phi) is 10.5. The van der Waals surface area contributed by atoms with Crippen LogP contribution in [0.1, 0.15) is 51.2 Å². The number of likely N-dealkylation sites (N-methyl/N-ethyl adjacent to an activating group) is 1. The lowest BCUT2D eigenvalue weighted by molar-refractivity contribution is -0.185. The molecule has 2 aromatic carbocycles. The maximum Gasteiger partial charge on any atom is 0.326 e. The summed E-state index contributed by atoms with van der Waals surface area (Å²) in [6.07, 6.45) is 2.91. The minimum absolute atomic E-state index is 0.0767. The van der Waals surface area contributed by atoms with Gasteiger partial charge in [0.25, 0.3) is 0 Å². The maximum absolute atomic E-state index is 13.5. The Morgan fingerprint density at radius 1 is 1.00 bits per heavy atom. The first-order chi connectivity index (χ1) is 17.2. The Morgan fingerprint density at radius 2 is 1.64 bits per heavy atom. The Morgan fingerprint density at radius 3 is 2.22 bits per heavy atom. The van der Waals surface area contributed by atoms with Gasteiger partial charge in [-0.3, -0.25) is 14.5 Å². The SMILES string of the molecule is CN([C@@H](Cc1ccccc1)C(=O)NCc1ccccc1)[C@@H](CO[C@H]1CCCCO1)C(=O)OC(C)(C)C. The van der Waals surface area contributed by atoms with E-state index in [9.17, 15) is 9.59 Å². The normalized spacial score (nSPS) is 17.9. The van der Waals surface area contributed by atoms with Gasteiger partial charge in [-0.05, 0) is 64.6 Å². The molecule has 2 aromatic rings. The Hall–Kier alpha value is -2.74. The van der Waals surface area contributed by atoms with Crippen LogP contribution in [0.4, 0.5) is 0 Å². The molecule has 7 nitrogen and oxygen atoms in total. The number of amides is 1. The van der Waals surface area contributed by atoms with Gasteiger partial charge in [0.15, 0.2) is 6.29 Å². The van der Waals surface area contributed by atoms with E-state index in [0.717, 1.165) is 30.4 Å². The van der Waals surface area contributed by atoms with Crippen LogP contribution in [0.2, 0.25) is 0 Å². The van der Waals surface area contributed by atoms with E-state index in [4.69, 9.17) is 14.2 Å². The fraction of sp³-hybridized carbons (Fsp3) is 0.517. The molecule has 0 aromatic heterocycles. The molecular weight excluding hydrogens is 456 g/mol. The molecule has 0 saturated carbocycles. The second-order valence-electron chi connectivity index (χ2n) is 10.3. The molecule has 36 heavy (non-hydrogen) atoms. The van der Waals surface area contributed by atoms with Gasteiger partial charge in [0.1, 0.15) is 11.6 Å². The van der Waals surface area contributed by atoms with E-state index >= 15 is 0 Å². The number of nitrogens with one attached hydrogen (secondary N) is 1. The van der Waals surface area contributed by atoms with Gasteiger partial charge in [0.05, 0.1) is 12.6 Å². The summed E-state index contributed by atoms with van der Waals surface area (Å²) >= 11 is 0. The maximum atomic E-state index is 13.5. The first-order valence-electron chi connectivity index (χ1n) is 12.8. The summed E-state index contributed by atoms with van der Waals surface area (Å²) in [6.45, 7) is 6.63. The minimum Gasteiger partial charge on any atom is -0.459 e. The number of carbonyl (C=O) groups is 2. The molecule has 0 spiro atoms. The van der Waals surface area contributed by atoms with Crippen LogP contribution in [0.15, 0.2) is 60.7 Å². The van der Waals surface area contributed by atoms with Crippen molar-refractivity contribution in [2.75, 3.05) is 20.3 Å². The summed E-state index contributed by atoms with van der Waals surface area (Å²) in [4.78, 5) is 28.6. The van der Waals surface area contributed by atoms with Gasteiger partial charge in [0, 0.05) is 13.2 Å². The second-order valence-corrected chi connectivity index (χ2v) is 10.3. The van der Waals surface area contributed by atoms with Gasteiger partial charge < -0.3 is 19.5 Å². The van der Waals surface area contributed by atoms with E-state index in [1.54, 1.807) is 11.9 Å². The molecule has 1 fully saturated rings. The van der Waals surface area contributed by atoms with E-state index in [-0.39, 0.29) is 18.8 Å². The molecule has 0 aliphatic carbocycles. The molecule has 0 unspecified atom stereocenters. The van der Waals surface area contributed by atoms with Crippen LogP contribution in [0, 0.1) is 0 Å². The average molecular weight is 497 g/mol. The first kappa shape index (κ1) is 27.8. The van der Waals surface area contributed by atoms with Crippen molar-refractivity contribution < 1.29 is 23.8 Å². The monoisotopic (exact) mass is 496 g/mol. The third-order valence-electron chi connectivity index (χ3n) is 6.12. The van der Waals surface area contributed by atoms with Gasteiger partial charge in [-0.15, -0.1) is 0 Å². The standard InChI is InChI=1S/C29H40N2O5/c1-29(2,3)36-28(33)25(21-35-26-17-11-12-18-34-26)31(4)24(19-22-13-7-5-8-14-22)27(32)30-20-23-15-9-6-10-16-23/h5-10,13-16,24-26H,11-12,17-21H2,1-4H3,(H,30,32)/t24-,25-,26-/m0/s1. The molecule has 1 N–H and O–H groups in total. The van der Waals surface area contributed by atoms with Crippen LogP contribution < -0.4 is 5.32 Å². The third-order valence-corrected chi connectivity index (χ3v) is 6.12. The first-order valence-corrected chi connectivity index (χ1v) is 12.8. The smallest absolute Gasteiger partial charge is 0.326 e. The average Bonchev–Trinajstić information content (AvgIpc) is 2.86. The number of nitrogens with zero attached hydrogens (tertiary/aromatic N) is 1. The van der Waals surface area contributed by atoms with Crippen molar-refractivity contribution in [1.82, 2.24) is 10.2 Å². The Bertz CT molecular complexity index is 939. The molecule has 1 aliphatic heterocycles. The molecule has 1 heterocycles. The van der Waals surface area contributed by atoms with E-state index in [1.807, 2.05) is 81.4 Å². The quantitative estimate of drug-likeness (QED) is 0.472. The van der Waals surface area contributed by atoms with E-state index in [2.05, 4.69) is 5.32 Å². The molecule has 0 radical (unpaired) electrons. The largest absolute Gasteiger partial charge is 0.459 e. The predicted octanol–water partition coefficient (Wildman–Crippen LogP) is 4.10. The topological polar surface area (TPSA) is 77.1 Å². The molecule has 1 amide bonds. The van der Waals surface area contributed by atoms with Crippen LogP contribution in [0.25, 0.3) is 0 Å². The lowest BCUT2D eigenvalue weighted by Gasteiger charge is -2.35. The number of ether oxygens (including phenoxy) is 3. The zero-order valence-corrected chi connectivity index (χ0v) is 21.9. The number of hydrogen-bond donors (Lipinski definition) is 1. The van der Waals surface area contributed by atoms with Crippen molar-refractivity contribution in [2.24, 2.45) is 0 Å². The lowest BCUT2D eigenvalue weighted by Crippen LogP contribution is -2.55. The highest BCUT2D eigenvalue weighted by molar-refractivity contribution is 5.84. The molecule has 7 heteroatoms. The number of rotatable bonds is 11. The lowest BCUT2D eigenvalue weighted by atomic mass is 10.0. The van der Waals surface area contributed by atoms with Crippen LogP contribution >= 0.6 is 0 Å². The molecule has 3 atom stereocenters. The predicted molar refractivity (Wildman–Crippen MR) is 139 cm³/mol. The van der Waals surface area contributed by atoms with Crippen LogP contribution in [0.5, 0.6) is 0 Å². The van der Waals surface area contributed by atoms with Crippen LogP contribution in [0.3, 0.4) is 0 Å². The van der Waals surface area contributed by atoms with Crippen LogP contribution in [-0.2, 0) is 36.8 Å². The van der Waals surface area contributed by atoms with Crippen molar-refractivity contribution in [3.63, 3.8) is 0 Å². The van der Waals surface area contributed by atoms with Crippen molar-refractivity contribution in [3.8, 4) is 0 Å². The van der Waals surface area contributed by atoms with Gasteiger partial charge in [-0.1, -0.05) is 60.7 Å². The number of carbonyl (C=O) groups excluding carboxylic acids is 2. The van der Waals surface area contributed by atoms with Crippen molar-refractivity contribution >= 4 is 11.9 Å². The fourth-order valence-electron chi connectivity index (χ4n) is 4.14. The van der Waals surface area contributed by atoms with Crippen molar-refractivity contribution in [2.45, 2.75) is 77.0 Å². The highest BCUT2D eigenvalue weighted by Crippen LogP contribution is 2.19. The summed E-state index contributed by atoms with van der Waals surface area (Å²) < 4.78 is 17.5. The molecule has 0 bridgehead atoms. The zero-order chi connectivity index (χ0) is 26.0. The summed E-state index contributed by atoms with van der Waals surface area (Å²) in [5.41, 5.74) is 1.35. The summed E-state index contributed by atoms with van der Waals surface area (Å²) in [6, 6.07) is 18.2. The van der Waals surface area contributed by atoms with E-state index in [0.29, 0.717) is 19.6 Å². The molecular formula is C29H40N2O5. The van der Waals surface area contributed by atoms with Crippen molar-refractivity contribution in [3.05, 3.63) is 71.8 Å². The highest BCUT2D eigenvalue weighted by atomic mass is 16.7. The van der Waals surface area contributed by atoms with Gasteiger partial charge in [-0.25, -0.2) is 0 Å². The molecule has 3 rings (SSSR count). The third kappa shape index (κ3) is 9.04. The number of hydrogen-bond acceptors (Lipinski definition) is 6. The highest BCUT2D eigenvalue weighted by Gasteiger charge is 2.36. The Labute approximate surface area is 215 Å². The summed E-state index contributed by atoms with van der Waals surface area (Å²) in [5.74, 6) is -0.581. The fourth-order valence-corrected chi connectivity index (χ4v) is 4.14. The van der Waals surface area contributed by atoms with Gasteiger partial charge in [0.2, 0.25) is 5.91 Å². The molecule has 1 aliphatic rings. The molecule has 196 valence electrons. The van der Waals surface area contributed by atoms with Crippen molar-refractivity contribution in [1.29, 1.82) is 0 Å². The van der Waals surface area contributed by atoms with Gasteiger partial charge in [-0.2, -0.15) is 0 Å². The summed E-state index contributed by atoms with van der Waals surface area (Å²) in [5, 5.41) is 3.05. The Balaban J connectivity index is 1.80. The van der Waals surface area contributed by atoms with Gasteiger partial charge >= 0.3 is 5.97 Å². The molecule has 1 saturated heterocycles. The van der Waals surface area contributed by atoms with E-state index in [1.165, 1.54) is 0 Å². The van der Waals surface area contributed by atoms with Crippen LogP contribution in [-0.4, -0.2) is 61.0 Å². The summed E-state index contributed by atoms with van der Waals surface area (Å²) in [7, 11) is 1.79.